The van der Waals surface area contributed by atoms with E-state index in [0.29, 0.717) is 5.56 Å². The van der Waals surface area contributed by atoms with Crippen molar-refractivity contribution in [3.8, 4) is 0 Å². The fourth-order valence-electron chi connectivity index (χ4n) is 2.34. The number of methoxy groups -OCH3 is 1. The van der Waals surface area contributed by atoms with Crippen molar-refractivity contribution in [2.45, 2.75) is 19.4 Å². The third-order valence-corrected chi connectivity index (χ3v) is 3.32. The van der Waals surface area contributed by atoms with Crippen LogP contribution in [0, 0.1) is 5.92 Å². The molecule has 0 saturated carbocycles. The molecule has 0 aliphatic carbocycles. The molecule has 5 heteroatoms. The van der Waals surface area contributed by atoms with Crippen molar-refractivity contribution >= 4 is 23.3 Å². The van der Waals surface area contributed by atoms with Crippen LogP contribution < -0.4 is 0 Å². The van der Waals surface area contributed by atoms with Gasteiger partial charge in [-0.25, -0.2) is 9.59 Å². The number of hydrogen-bond donors (Lipinski definition) is 0. The molecule has 1 aromatic rings. The summed E-state index contributed by atoms with van der Waals surface area (Å²) in [6.07, 6.45) is 1.17. The normalized spacial score (nSPS) is 21.0. The molecule has 2 rings (SSSR count). The van der Waals surface area contributed by atoms with Crippen LogP contribution >= 0.6 is 0 Å². The van der Waals surface area contributed by atoms with Crippen molar-refractivity contribution in [3.63, 3.8) is 0 Å². The number of benzene rings is 1. The van der Waals surface area contributed by atoms with Gasteiger partial charge in [0.1, 0.15) is 0 Å². The van der Waals surface area contributed by atoms with E-state index >= 15 is 0 Å². The Balaban J connectivity index is 2.64. The van der Waals surface area contributed by atoms with E-state index in [-0.39, 0.29) is 5.57 Å². The summed E-state index contributed by atoms with van der Waals surface area (Å²) in [4.78, 5) is 36.6. The van der Waals surface area contributed by atoms with Crippen molar-refractivity contribution in [2.24, 2.45) is 5.92 Å². The SMILES string of the molecule is COC(=O)C1(C(=O)C(C)C)OC(=O)C=C1c1ccccc1. The topological polar surface area (TPSA) is 69.7 Å². The fraction of sp³-hybridized carbons (Fsp3) is 0.312. The molecule has 1 aromatic carbocycles. The average Bonchev–Trinajstić information content (AvgIpc) is 2.85. The molecule has 1 heterocycles. The summed E-state index contributed by atoms with van der Waals surface area (Å²) in [7, 11) is 1.16. The smallest absolute Gasteiger partial charge is 0.363 e. The summed E-state index contributed by atoms with van der Waals surface area (Å²) in [6.45, 7) is 3.28. The Morgan fingerprint density at radius 3 is 2.33 bits per heavy atom. The Labute approximate surface area is 122 Å². The summed E-state index contributed by atoms with van der Waals surface area (Å²) in [6, 6.07) is 8.71. The largest absolute Gasteiger partial charge is 0.465 e. The predicted octanol–water partition coefficient (Wildman–Crippen LogP) is 1.76. The van der Waals surface area contributed by atoms with Gasteiger partial charge in [0.05, 0.1) is 7.11 Å². The van der Waals surface area contributed by atoms with Gasteiger partial charge in [-0.05, 0) is 5.56 Å². The van der Waals surface area contributed by atoms with Crippen molar-refractivity contribution in [1.82, 2.24) is 0 Å². The number of cyclic esters (lactones) is 1. The molecule has 0 aromatic heterocycles. The number of ketones is 1. The molecular formula is C16H16O5. The van der Waals surface area contributed by atoms with Crippen molar-refractivity contribution in [2.75, 3.05) is 7.11 Å². The summed E-state index contributed by atoms with van der Waals surface area (Å²) in [5.74, 6) is -2.62. The number of Topliss-reactive ketones (excluding diaryl/α,β-unsaturated/α-hetero) is 1. The summed E-state index contributed by atoms with van der Waals surface area (Å²) < 4.78 is 9.87. The predicted molar refractivity (Wildman–Crippen MR) is 75.1 cm³/mol. The van der Waals surface area contributed by atoms with Crippen LogP contribution in [0.2, 0.25) is 0 Å². The van der Waals surface area contributed by atoms with Gasteiger partial charge in [0.25, 0.3) is 5.60 Å². The summed E-state index contributed by atoms with van der Waals surface area (Å²) in [5, 5.41) is 0. The molecule has 0 radical (unpaired) electrons. The molecule has 1 aliphatic rings. The Hall–Kier alpha value is -2.43. The second kappa shape index (κ2) is 5.52. The van der Waals surface area contributed by atoms with E-state index in [9.17, 15) is 14.4 Å². The van der Waals surface area contributed by atoms with Crippen LogP contribution in [0.1, 0.15) is 19.4 Å². The Bertz CT molecular complexity index is 615. The summed E-state index contributed by atoms with van der Waals surface area (Å²) in [5.41, 5.74) is -1.22. The van der Waals surface area contributed by atoms with Gasteiger partial charge in [0.2, 0.25) is 0 Å². The summed E-state index contributed by atoms with van der Waals surface area (Å²) >= 11 is 0. The monoisotopic (exact) mass is 288 g/mol. The van der Waals surface area contributed by atoms with E-state index in [0.717, 1.165) is 7.11 Å². The number of hydrogen-bond acceptors (Lipinski definition) is 5. The maximum absolute atomic E-state index is 12.6. The van der Waals surface area contributed by atoms with Crippen LogP contribution in [0.25, 0.3) is 5.57 Å². The lowest BCUT2D eigenvalue weighted by Gasteiger charge is -2.28. The zero-order valence-electron chi connectivity index (χ0n) is 12.1. The standard InChI is InChI=1S/C16H16O5/c1-10(2)14(18)16(15(19)20-3)12(9-13(17)21-16)11-7-5-4-6-8-11/h4-10H,1-3H3. The molecule has 0 spiro atoms. The van der Waals surface area contributed by atoms with Gasteiger partial charge in [0, 0.05) is 17.6 Å². The van der Waals surface area contributed by atoms with Crippen LogP contribution in [0.15, 0.2) is 36.4 Å². The Morgan fingerprint density at radius 2 is 1.81 bits per heavy atom. The molecule has 0 bridgehead atoms. The average molecular weight is 288 g/mol. The second-order valence-electron chi connectivity index (χ2n) is 5.04. The van der Waals surface area contributed by atoms with E-state index < -0.39 is 29.2 Å². The zero-order chi connectivity index (χ0) is 15.6. The van der Waals surface area contributed by atoms with Crippen molar-refractivity contribution in [3.05, 3.63) is 42.0 Å². The molecule has 0 saturated heterocycles. The lowest BCUT2D eigenvalue weighted by atomic mass is 9.81. The van der Waals surface area contributed by atoms with E-state index in [4.69, 9.17) is 9.47 Å². The number of esters is 2. The van der Waals surface area contributed by atoms with Gasteiger partial charge >= 0.3 is 11.9 Å². The molecular weight excluding hydrogens is 272 g/mol. The third-order valence-electron chi connectivity index (χ3n) is 3.32. The fourth-order valence-corrected chi connectivity index (χ4v) is 2.34. The third kappa shape index (κ3) is 2.35. The minimum Gasteiger partial charge on any atom is -0.465 e. The lowest BCUT2D eigenvalue weighted by Crippen LogP contribution is -2.51. The molecule has 0 N–H and O–H groups in total. The van der Waals surface area contributed by atoms with Crippen LogP contribution in [0.3, 0.4) is 0 Å². The number of carbonyl (C=O) groups excluding carboxylic acids is 3. The molecule has 110 valence electrons. The quantitative estimate of drug-likeness (QED) is 0.623. The van der Waals surface area contributed by atoms with Crippen molar-refractivity contribution in [1.29, 1.82) is 0 Å². The molecule has 0 amide bonds. The van der Waals surface area contributed by atoms with Gasteiger partial charge in [0.15, 0.2) is 5.78 Å². The van der Waals surface area contributed by atoms with E-state index in [2.05, 4.69) is 0 Å². The first-order valence-electron chi connectivity index (χ1n) is 6.56. The lowest BCUT2D eigenvalue weighted by molar-refractivity contribution is -0.173. The molecule has 1 atom stereocenters. The maximum Gasteiger partial charge on any atom is 0.363 e. The number of rotatable bonds is 4. The van der Waals surface area contributed by atoms with E-state index in [1.54, 1.807) is 44.2 Å². The van der Waals surface area contributed by atoms with Gasteiger partial charge in [-0.2, -0.15) is 0 Å². The molecule has 1 aliphatic heterocycles. The first kappa shape index (κ1) is 15.0. The van der Waals surface area contributed by atoms with Crippen molar-refractivity contribution < 1.29 is 23.9 Å². The Kier molecular flexibility index (Phi) is 3.93. The molecule has 0 fully saturated rings. The van der Waals surface area contributed by atoms with E-state index in [1.165, 1.54) is 6.08 Å². The van der Waals surface area contributed by atoms with Gasteiger partial charge in [-0.1, -0.05) is 44.2 Å². The first-order valence-corrected chi connectivity index (χ1v) is 6.56. The highest BCUT2D eigenvalue weighted by molar-refractivity contribution is 6.24. The number of carbonyl (C=O) groups is 3. The molecule has 5 nitrogen and oxygen atoms in total. The number of ether oxygens (including phenoxy) is 2. The maximum atomic E-state index is 12.6. The highest BCUT2D eigenvalue weighted by atomic mass is 16.6. The minimum atomic E-state index is -2.01. The van der Waals surface area contributed by atoms with Gasteiger partial charge in [-0.3, -0.25) is 4.79 Å². The minimum absolute atomic E-state index is 0.221. The van der Waals surface area contributed by atoms with Gasteiger partial charge in [-0.15, -0.1) is 0 Å². The second-order valence-corrected chi connectivity index (χ2v) is 5.04. The van der Waals surface area contributed by atoms with Crippen LogP contribution in [-0.2, 0) is 23.9 Å². The highest BCUT2D eigenvalue weighted by Gasteiger charge is 2.58. The highest BCUT2D eigenvalue weighted by Crippen LogP contribution is 2.39. The Morgan fingerprint density at radius 1 is 1.19 bits per heavy atom. The zero-order valence-corrected chi connectivity index (χ0v) is 12.1. The molecule has 1 unspecified atom stereocenters. The van der Waals surface area contributed by atoms with Gasteiger partial charge < -0.3 is 9.47 Å². The van der Waals surface area contributed by atoms with Crippen LogP contribution in [-0.4, -0.2) is 30.4 Å². The van der Waals surface area contributed by atoms with Crippen LogP contribution in [0.4, 0.5) is 0 Å². The first-order chi connectivity index (χ1) is 9.93. The van der Waals surface area contributed by atoms with E-state index in [1.807, 2.05) is 0 Å². The molecule has 21 heavy (non-hydrogen) atoms. The van der Waals surface area contributed by atoms with Crippen LogP contribution in [0.5, 0.6) is 0 Å².